The van der Waals surface area contributed by atoms with Crippen molar-refractivity contribution in [2.24, 2.45) is 10.9 Å². The molecule has 1 aliphatic carbocycles. The molecule has 2 aromatic rings. The normalized spacial score (nSPS) is 18.6. The van der Waals surface area contributed by atoms with E-state index in [2.05, 4.69) is 10.3 Å². The van der Waals surface area contributed by atoms with Crippen LogP contribution < -0.4 is 10.2 Å². The molecule has 1 saturated carbocycles. The summed E-state index contributed by atoms with van der Waals surface area (Å²) in [6.45, 7) is -0.300. The lowest BCUT2D eigenvalue weighted by molar-refractivity contribution is -0.137. The molecule has 1 heterocycles. The molecule has 0 saturated heterocycles. The maximum atomic E-state index is 13.1. The third-order valence-corrected chi connectivity index (χ3v) is 5.10. The number of hydrogen-bond donors (Lipinski definition) is 1. The number of fused-ring (bicyclic) bond motifs is 2. The number of aliphatic imine (C=N–C) groups is 1. The van der Waals surface area contributed by atoms with Crippen molar-refractivity contribution in [2.75, 3.05) is 16.8 Å². The maximum absolute atomic E-state index is 13.1. The second-order valence-corrected chi connectivity index (χ2v) is 7.09. The lowest BCUT2D eigenvalue weighted by atomic mass is 10.1. The van der Waals surface area contributed by atoms with E-state index in [0.29, 0.717) is 17.8 Å². The summed E-state index contributed by atoms with van der Waals surface area (Å²) in [5.41, 5.74) is 1.14. The van der Waals surface area contributed by atoms with E-state index in [4.69, 9.17) is 0 Å². The van der Waals surface area contributed by atoms with Gasteiger partial charge in [0.1, 0.15) is 6.54 Å². The summed E-state index contributed by atoms with van der Waals surface area (Å²) in [6, 6.07) is 11.5. The Kier molecular flexibility index (Phi) is 4.86. The predicted molar refractivity (Wildman–Crippen MR) is 103 cm³/mol. The van der Waals surface area contributed by atoms with Gasteiger partial charge in [-0.3, -0.25) is 14.6 Å². The van der Waals surface area contributed by atoms with Crippen LogP contribution in [0.25, 0.3) is 0 Å². The number of benzene rings is 2. The minimum Gasteiger partial charge on any atom is -0.325 e. The van der Waals surface area contributed by atoms with Gasteiger partial charge in [-0.2, -0.15) is 13.2 Å². The van der Waals surface area contributed by atoms with E-state index in [1.54, 1.807) is 18.2 Å². The second kappa shape index (κ2) is 7.35. The highest BCUT2D eigenvalue weighted by atomic mass is 19.4. The highest BCUT2D eigenvalue weighted by Gasteiger charge is 2.37. The maximum Gasteiger partial charge on any atom is 0.416 e. The fourth-order valence-electron chi connectivity index (χ4n) is 3.76. The molecule has 29 heavy (non-hydrogen) atoms. The van der Waals surface area contributed by atoms with Gasteiger partial charge in [-0.1, -0.05) is 18.2 Å². The smallest absolute Gasteiger partial charge is 0.325 e. The van der Waals surface area contributed by atoms with Crippen molar-refractivity contribution in [2.45, 2.75) is 25.4 Å². The van der Waals surface area contributed by atoms with Crippen molar-refractivity contribution >= 4 is 34.6 Å². The molecule has 5 nitrogen and oxygen atoms in total. The summed E-state index contributed by atoms with van der Waals surface area (Å²) in [7, 11) is 0. The Morgan fingerprint density at radius 3 is 2.76 bits per heavy atom. The van der Waals surface area contributed by atoms with Gasteiger partial charge in [-0.25, -0.2) is 0 Å². The van der Waals surface area contributed by atoms with Gasteiger partial charge >= 0.3 is 6.18 Å². The predicted octanol–water partition coefficient (Wildman–Crippen LogP) is 4.56. The Bertz CT molecular complexity index is 1000. The van der Waals surface area contributed by atoms with Crippen LogP contribution in [-0.2, 0) is 15.8 Å². The van der Waals surface area contributed by atoms with E-state index in [9.17, 15) is 22.8 Å². The zero-order valence-electron chi connectivity index (χ0n) is 15.4. The number of hydrogen-bond acceptors (Lipinski definition) is 3. The summed E-state index contributed by atoms with van der Waals surface area (Å²) in [4.78, 5) is 31.7. The number of nitrogens with one attached hydrogen (secondary N) is 1. The largest absolute Gasteiger partial charge is 0.416 e. The summed E-state index contributed by atoms with van der Waals surface area (Å²) in [5, 5.41) is 2.46. The monoisotopic (exact) mass is 401 g/mol. The molecule has 150 valence electrons. The van der Waals surface area contributed by atoms with Crippen molar-refractivity contribution in [3.05, 3.63) is 54.1 Å². The average molecular weight is 401 g/mol. The van der Waals surface area contributed by atoms with E-state index in [-0.39, 0.29) is 24.1 Å². The van der Waals surface area contributed by atoms with Crippen LogP contribution in [0.2, 0.25) is 0 Å². The van der Waals surface area contributed by atoms with Crippen LogP contribution in [-0.4, -0.2) is 24.1 Å². The third-order valence-electron chi connectivity index (χ3n) is 5.10. The molecular weight excluding hydrogens is 383 g/mol. The number of rotatable bonds is 3. The Morgan fingerprint density at radius 2 is 1.97 bits per heavy atom. The van der Waals surface area contributed by atoms with Gasteiger partial charge < -0.3 is 10.2 Å². The quantitative estimate of drug-likeness (QED) is 0.819. The van der Waals surface area contributed by atoms with Crippen LogP contribution in [0.1, 0.15) is 24.8 Å². The summed E-state index contributed by atoms with van der Waals surface area (Å²) in [5.74, 6) is -1.14. The topological polar surface area (TPSA) is 61.8 Å². The molecule has 0 spiro atoms. The third kappa shape index (κ3) is 3.87. The second-order valence-electron chi connectivity index (χ2n) is 7.09. The van der Waals surface area contributed by atoms with Gasteiger partial charge in [0, 0.05) is 11.4 Å². The first-order valence-electron chi connectivity index (χ1n) is 9.28. The van der Waals surface area contributed by atoms with Crippen molar-refractivity contribution in [3.63, 3.8) is 0 Å². The Labute approximate surface area is 165 Å². The lowest BCUT2D eigenvalue weighted by Gasteiger charge is -2.24. The van der Waals surface area contributed by atoms with Crippen molar-refractivity contribution in [1.82, 2.24) is 0 Å². The van der Waals surface area contributed by atoms with E-state index in [0.717, 1.165) is 30.7 Å². The lowest BCUT2D eigenvalue weighted by Crippen LogP contribution is -2.41. The van der Waals surface area contributed by atoms with Crippen LogP contribution in [0.4, 0.5) is 30.2 Å². The Hall–Kier alpha value is -3.16. The number of carbonyl (C=O) groups excluding carboxylic acids is 2. The van der Waals surface area contributed by atoms with Crippen LogP contribution in [0.15, 0.2) is 53.5 Å². The van der Waals surface area contributed by atoms with Gasteiger partial charge in [-0.15, -0.1) is 0 Å². The van der Waals surface area contributed by atoms with Crippen molar-refractivity contribution in [1.29, 1.82) is 0 Å². The standard InChI is InChI=1S/C21H18F3N3O2/c22-21(23,24)13-5-3-6-14(11-13)25-19(28)12-27-18-10-2-1-8-17(18)26-16-9-4-7-15(16)20(27)29/h1-3,5-6,8,10-11,15H,4,7,9,12H2,(H,25,28). The highest BCUT2D eigenvalue weighted by Crippen LogP contribution is 2.38. The van der Waals surface area contributed by atoms with Gasteiger partial charge in [0.25, 0.3) is 0 Å². The average Bonchev–Trinajstić information content (AvgIpc) is 3.10. The molecule has 0 bridgehead atoms. The zero-order valence-corrected chi connectivity index (χ0v) is 15.4. The molecule has 8 heteroatoms. The molecule has 0 radical (unpaired) electrons. The van der Waals surface area contributed by atoms with Crippen LogP contribution >= 0.6 is 0 Å². The van der Waals surface area contributed by atoms with Crippen molar-refractivity contribution in [3.8, 4) is 0 Å². The summed E-state index contributed by atoms with van der Waals surface area (Å²) >= 11 is 0. The molecular formula is C21H18F3N3O2. The zero-order chi connectivity index (χ0) is 20.6. The minimum absolute atomic E-state index is 0.0261. The van der Waals surface area contributed by atoms with E-state index in [1.165, 1.54) is 17.0 Å². The number of para-hydroxylation sites is 2. The summed E-state index contributed by atoms with van der Waals surface area (Å²) < 4.78 is 38.7. The fourth-order valence-corrected chi connectivity index (χ4v) is 3.76. The molecule has 1 aliphatic heterocycles. The number of anilines is 2. The number of carbonyl (C=O) groups is 2. The molecule has 1 N–H and O–H groups in total. The highest BCUT2D eigenvalue weighted by molar-refractivity contribution is 6.16. The minimum atomic E-state index is -4.50. The van der Waals surface area contributed by atoms with Crippen molar-refractivity contribution < 1.29 is 22.8 Å². The SMILES string of the molecule is O=C(CN1C(=O)C2CCCC2=Nc2ccccc21)Nc1cccc(C(F)(F)F)c1. The first kappa shape index (κ1) is 19.2. The van der Waals surface area contributed by atoms with Crippen LogP contribution in [0, 0.1) is 5.92 Å². The summed E-state index contributed by atoms with van der Waals surface area (Å²) in [6.07, 6.45) is -2.22. The van der Waals surface area contributed by atoms with Gasteiger partial charge in [0.05, 0.1) is 22.9 Å². The van der Waals surface area contributed by atoms with Crippen LogP contribution in [0.5, 0.6) is 0 Å². The van der Waals surface area contributed by atoms with E-state index >= 15 is 0 Å². The van der Waals surface area contributed by atoms with Crippen LogP contribution in [0.3, 0.4) is 0 Å². The molecule has 2 aliphatic rings. The molecule has 1 unspecified atom stereocenters. The first-order chi connectivity index (χ1) is 13.8. The first-order valence-corrected chi connectivity index (χ1v) is 9.28. The van der Waals surface area contributed by atoms with Gasteiger partial charge in [0.2, 0.25) is 11.8 Å². The number of nitrogens with zero attached hydrogens (tertiary/aromatic N) is 2. The van der Waals surface area contributed by atoms with E-state index < -0.39 is 17.6 Å². The number of amides is 2. The van der Waals surface area contributed by atoms with E-state index in [1.807, 2.05) is 6.07 Å². The Balaban J connectivity index is 1.57. The molecule has 1 atom stereocenters. The Morgan fingerprint density at radius 1 is 1.17 bits per heavy atom. The molecule has 2 aromatic carbocycles. The van der Waals surface area contributed by atoms with Gasteiger partial charge in [0.15, 0.2) is 0 Å². The molecule has 2 amide bonds. The van der Waals surface area contributed by atoms with Gasteiger partial charge in [-0.05, 0) is 49.6 Å². The number of alkyl halides is 3. The molecule has 0 aromatic heterocycles. The molecule has 4 rings (SSSR count). The number of halogens is 3. The fraction of sp³-hybridized carbons (Fsp3) is 0.286. The molecule has 1 fully saturated rings.